The molecule has 9 heteroatoms. The van der Waals surface area contributed by atoms with Crippen LogP contribution in [0.3, 0.4) is 0 Å². The molecule has 0 saturated carbocycles. The minimum absolute atomic E-state index is 0.00961. The first-order valence-corrected chi connectivity index (χ1v) is 8.66. The molecule has 3 rings (SSSR count). The van der Waals surface area contributed by atoms with Crippen molar-refractivity contribution in [1.82, 2.24) is 25.5 Å². The summed E-state index contributed by atoms with van der Waals surface area (Å²) in [4.78, 5) is 33.3. The molecule has 144 valence electrons. The Hall–Kier alpha value is -2.94. The molecule has 1 aliphatic rings. The number of aromatic nitrogens is 2. The summed E-state index contributed by atoms with van der Waals surface area (Å²) >= 11 is 0. The lowest BCUT2D eigenvalue weighted by Crippen LogP contribution is -2.56. The third-order valence-electron chi connectivity index (χ3n) is 4.46. The number of nitrogens with zero attached hydrogens (tertiary/aromatic N) is 2. The average molecular weight is 375 g/mol. The van der Waals surface area contributed by atoms with Crippen LogP contribution in [0.1, 0.15) is 17.8 Å². The number of nitrogens with one attached hydrogen (secondary N) is 3. The highest BCUT2D eigenvalue weighted by Crippen LogP contribution is 2.20. The molecule has 3 N–H and O–H groups in total. The van der Waals surface area contributed by atoms with Crippen molar-refractivity contribution in [2.45, 2.75) is 25.6 Å². The maximum absolute atomic E-state index is 14.3. The molecule has 2 amide bonds. The maximum Gasteiger partial charge on any atom is 0.237 e. The number of aromatic amines is 1. The fourth-order valence-corrected chi connectivity index (χ4v) is 3.00. The molecule has 1 unspecified atom stereocenters. The molecule has 2 aromatic rings. The molecule has 0 aliphatic carbocycles. The minimum Gasteiger partial charge on any atom is -0.497 e. The van der Waals surface area contributed by atoms with Crippen molar-refractivity contribution in [2.75, 3.05) is 20.2 Å². The summed E-state index contributed by atoms with van der Waals surface area (Å²) in [6.45, 7) is 1.49. The number of piperazine rings is 1. The summed E-state index contributed by atoms with van der Waals surface area (Å²) in [6, 6.07) is 3.96. The third kappa shape index (κ3) is 4.82. The van der Waals surface area contributed by atoms with Crippen molar-refractivity contribution in [3.63, 3.8) is 0 Å². The number of ether oxygens (including phenoxy) is 1. The third-order valence-corrected chi connectivity index (χ3v) is 4.46. The van der Waals surface area contributed by atoms with E-state index in [9.17, 15) is 14.0 Å². The maximum atomic E-state index is 14.3. The van der Waals surface area contributed by atoms with Gasteiger partial charge in [-0.3, -0.25) is 14.5 Å². The number of halogens is 1. The predicted octanol–water partition coefficient (Wildman–Crippen LogP) is 0.564. The molecule has 2 heterocycles. The van der Waals surface area contributed by atoms with Gasteiger partial charge in [-0.1, -0.05) is 6.07 Å². The smallest absolute Gasteiger partial charge is 0.237 e. The molecule has 1 aliphatic heterocycles. The monoisotopic (exact) mass is 375 g/mol. The van der Waals surface area contributed by atoms with E-state index in [0.29, 0.717) is 30.2 Å². The fourth-order valence-electron chi connectivity index (χ4n) is 3.00. The van der Waals surface area contributed by atoms with E-state index < -0.39 is 11.9 Å². The first kappa shape index (κ1) is 18.8. The molecule has 0 bridgehead atoms. The van der Waals surface area contributed by atoms with Crippen LogP contribution in [-0.4, -0.2) is 52.9 Å². The second-order valence-electron chi connectivity index (χ2n) is 6.25. The van der Waals surface area contributed by atoms with Crippen molar-refractivity contribution in [2.24, 2.45) is 0 Å². The second-order valence-corrected chi connectivity index (χ2v) is 6.25. The summed E-state index contributed by atoms with van der Waals surface area (Å²) < 4.78 is 19.3. The van der Waals surface area contributed by atoms with Gasteiger partial charge in [0.25, 0.3) is 0 Å². The molecule has 1 saturated heterocycles. The van der Waals surface area contributed by atoms with Crippen LogP contribution in [0.4, 0.5) is 4.39 Å². The van der Waals surface area contributed by atoms with Crippen LogP contribution in [0.5, 0.6) is 5.75 Å². The highest BCUT2D eigenvalue weighted by Gasteiger charge is 2.32. The average Bonchev–Trinajstić information content (AvgIpc) is 3.18. The van der Waals surface area contributed by atoms with Gasteiger partial charge in [-0.2, -0.15) is 0 Å². The van der Waals surface area contributed by atoms with Crippen LogP contribution in [-0.2, 0) is 22.7 Å². The molecule has 1 fully saturated rings. The quantitative estimate of drug-likeness (QED) is 0.657. The van der Waals surface area contributed by atoms with Crippen LogP contribution in [0.25, 0.3) is 0 Å². The lowest BCUT2D eigenvalue weighted by Gasteiger charge is -2.34. The highest BCUT2D eigenvalue weighted by atomic mass is 19.1. The normalized spacial score (nSPS) is 17.4. The number of carbonyl (C=O) groups is 2. The summed E-state index contributed by atoms with van der Waals surface area (Å²) in [5.74, 6) is 0.161. The van der Waals surface area contributed by atoms with E-state index in [-0.39, 0.29) is 31.3 Å². The van der Waals surface area contributed by atoms with Crippen LogP contribution in [0, 0.1) is 5.82 Å². The molecular weight excluding hydrogens is 353 g/mol. The fraction of sp³-hybridized carbons (Fsp3) is 0.389. The molecule has 27 heavy (non-hydrogen) atoms. The number of amides is 2. The van der Waals surface area contributed by atoms with E-state index in [1.165, 1.54) is 13.2 Å². The van der Waals surface area contributed by atoms with Gasteiger partial charge in [0.15, 0.2) is 0 Å². The van der Waals surface area contributed by atoms with Crippen LogP contribution >= 0.6 is 0 Å². The molecule has 1 aromatic carbocycles. The van der Waals surface area contributed by atoms with E-state index in [0.717, 1.165) is 0 Å². The van der Waals surface area contributed by atoms with Crippen molar-refractivity contribution >= 4 is 11.8 Å². The highest BCUT2D eigenvalue weighted by molar-refractivity contribution is 5.88. The van der Waals surface area contributed by atoms with Crippen LogP contribution in [0.2, 0.25) is 0 Å². The number of imidazole rings is 1. The first-order chi connectivity index (χ1) is 13.1. The van der Waals surface area contributed by atoms with Gasteiger partial charge in [-0.15, -0.1) is 0 Å². The zero-order valence-electron chi connectivity index (χ0n) is 15.0. The number of carbonyl (C=O) groups excluding carboxylic acids is 2. The van der Waals surface area contributed by atoms with E-state index >= 15 is 0 Å². The summed E-state index contributed by atoms with van der Waals surface area (Å²) in [5.41, 5.74) is 0.450. The Morgan fingerprint density at radius 3 is 3.04 bits per heavy atom. The Balaban J connectivity index is 1.64. The standard InChI is InChI=1S/C18H22FN5O3/c1-27-13-3-2-12(14(19)8-13)11-24-7-6-22-18(26)15(24)9-17(25)23-10-16-20-4-5-21-16/h2-5,8,15H,6-7,9-11H2,1H3,(H,20,21)(H,22,26)(H,23,25). The molecule has 8 nitrogen and oxygen atoms in total. The van der Waals surface area contributed by atoms with Crippen molar-refractivity contribution in [3.05, 3.63) is 47.8 Å². The van der Waals surface area contributed by atoms with E-state index in [4.69, 9.17) is 4.74 Å². The summed E-state index contributed by atoms with van der Waals surface area (Å²) in [7, 11) is 1.47. The Bertz CT molecular complexity index is 796. The number of benzene rings is 1. The Morgan fingerprint density at radius 2 is 2.33 bits per heavy atom. The van der Waals surface area contributed by atoms with Gasteiger partial charge in [0.1, 0.15) is 17.4 Å². The van der Waals surface area contributed by atoms with Crippen molar-refractivity contribution in [1.29, 1.82) is 0 Å². The SMILES string of the molecule is COc1ccc(CN2CCNC(=O)C2CC(=O)NCc2ncc[nH]2)c(F)c1. The zero-order chi connectivity index (χ0) is 19.2. The van der Waals surface area contributed by atoms with Gasteiger partial charge < -0.3 is 20.4 Å². The number of hydrogen-bond donors (Lipinski definition) is 3. The number of rotatable bonds is 7. The lowest BCUT2D eigenvalue weighted by molar-refractivity contribution is -0.134. The molecule has 0 radical (unpaired) electrons. The summed E-state index contributed by atoms with van der Waals surface area (Å²) in [5, 5.41) is 5.50. The molecule has 0 spiro atoms. The van der Waals surface area contributed by atoms with Crippen molar-refractivity contribution in [3.8, 4) is 5.75 Å². The Kier molecular flexibility index (Phi) is 6.02. The van der Waals surface area contributed by atoms with Gasteiger partial charge in [-0.25, -0.2) is 9.37 Å². The van der Waals surface area contributed by atoms with Gasteiger partial charge in [-0.05, 0) is 6.07 Å². The number of H-pyrrole nitrogens is 1. The van der Waals surface area contributed by atoms with E-state index in [1.807, 2.05) is 4.90 Å². The predicted molar refractivity (Wildman–Crippen MR) is 95.2 cm³/mol. The second kappa shape index (κ2) is 8.63. The van der Waals surface area contributed by atoms with Gasteiger partial charge in [0.2, 0.25) is 11.8 Å². The Labute approximate surface area is 156 Å². The molecule has 1 atom stereocenters. The number of hydrogen-bond acceptors (Lipinski definition) is 5. The first-order valence-electron chi connectivity index (χ1n) is 8.66. The van der Waals surface area contributed by atoms with E-state index in [1.54, 1.807) is 24.5 Å². The molecule has 1 aromatic heterocycles. The zero-order valence-corrected chi connectivity index (χ0v) is 15.0. The van der Waals surface area contributed by atoms with Crippen LogP contribution in [0.15, 0.2) is 30.6 Å². The van der Waals surface area contributed by atoms with Crippen LogP contribution < -0.4 is 15.4 Å². The van der Waals surface area contributed by atoms with Gasteiger partial charge >= 0.3 is 0 Å². The summed E-state index contributed by atoms with van der Waals surface area (Å²) in [6.07, 6.45) is 3.26. The van der Waals surface area contributed by atoms with E-state index in [2.05, 4.69) is 20.6 Å². The Morgan fingerprint density at radius 1 is 1.48 bits per heavy atom. The largest absolute Gasteiger partial charge is 0.497 e. The minimum atomic E-state index is -0.656. The topological polar surface area (TPSA) is 99.3 Å². The van der Waals surface area contributed by atoms with Crippen molar-refractivity contribution < 1.29 is 18.7 Å². The molecular formula is C18H22FN5O3. The number of methoxy groups -OCH3 is 1. The van der Waals surface area contributed by atoms with Gasteiger partial charge in [0.05, 0.1) is 26.1 Å². The van der Waals surface area contributed by atoms with Gasteiger partial charge in [0, 0.05) is 43.7 Å². The lowest BCUT2D eigenvalue weighted by atomic mass is 10.1.